The normalized spacial score (nSPS) is 11.9. The fraction of sp³-hybridized carbons (Fsp3) is 0.143. The van der Waals surface area contributed by atoms with Crippen LogP contribution in [-0.2, 0) is 6.42 Å². The molecule has 0 unspecified atom stereocenters. The SMILES string of the molecule is COc1ccc(Cc2nn3c(=O)/c(=C/c4ccc(C)cc4)sc3nc2=O)cc1. The number of benzene rings is 2. The Labute approximate surface area is 164 Å². The molecule has 2 aromatic heterocycles. The largest absolute Gasteiger partial charge is 0.497 e. The van der Waals surface area contributed by atoms with Crippen molar-refractivity contribution in [2.45, 2.75) is 13.3 Å². The zero-order valence-corrected chi connectivity index (χ0v) is 16.2. The quantitative estimate of drug-likeness (QED) is 0.532. The highest BCUT2D eigenvalue weighted by Gasteiger charge is 2.11. The minimum atomic E-state index is -0.418. The van der Waals surface area contributed by atoms with Gasteiger partial charge in [-0.1, -0.05) is 53.3 Å². The molecule has 7 heteroatoms. The molecular formula is C21H17N3O3S. The molecule has 4 rings (SSSR count). The van der Waals surface area contributed by atoms with E-state index < -0.39 is 5.56 Å². The van der Waals surface area contributed by atoms with Gasteiger partial charge in [0, 0.05) is 6.42 Å². The second kappa shape index (κ2) is 7.36. The van der Waals surface area contributed by atoms with Crippen LogP contribution in [0.5, 0.6) is 5.75 Å². The molecule has 0 aliphatic heterocycles. The topological polar surface area (TPSA) is 73.6 Å². The molecule has 0 spiro atoms. The van der Waals surface area contributed by atoms with Crippen molar-refractivity contribution in [3.63, 3.8) is 0 Å². The highest BCUT2D eigenvalue weighted by Crippen LogP contribution is 2.13. The summed E-state index contributed by atoms with van der Waals surface area (Å²) < 4.78 is 6.84. The van der Waals surface area contributed by atoms with Gasteiger partial charge in [0.05, 0.1) is 11.6 Å². The molecule has 0 amide bonds. The molecule has 0 aliphatic carbocycles. The Bertz CT molecular complexity index is 1310. The average molecular weight is 391 g/mol. The summed E-state index contributed by atoms with van der Waals surface area (Å²) in [7, 11) is 1.60. The molecule has 140 valence electrons. The van der Waals surface area contributed by atoms with E-state index in [1.54, 1.807) is 13.2 Å². The zero-order valence-electron chi connectivity index (χ0n) is 15.4. The lowest BCUT2D eigenvalue weighted by atomic mass is 10.1. The van der Waals surface area contributed by atoms with Crippen LogP contribution in [0.15, 0.2) is 58.1 Å². The van der Waals surface area contributed by atoms with Crippen LogP contribution in [0, 0.1) is 6.92 Å². The highest BCUT2D eigenvalue weighted by atomic mass is 32.1. The van der Waals surface area contributed by atoms with Gasteiger partial charge in [0.2, 0.25) is 4.96 Å². The molecule has 0 saturated carbocycles. The maximum atomic E-state index is 12.7. The number of rotatable bonds is 4. The van der Waals surface area contributed by atoms with E-state index in [0.717, 1.165) is 33.8 Å². The van der Waals surface area contributed by atoms with E-state index in [2.05, 4.69) is 10.1 Å². The van der Waals surface area contributed by atoms with Gasteiger partial charge in [0.1, 0.15) is 11.4 Å². The van der Waals surface area contributed by atoms with Crippen molar-refractivity contribution >= 4 is 22.4 Å². The number of aryl methyl sites for hydroxylation is 1. The number of nitrogens with zero attached hydrogens (tertiary/aromatic N) is 3. The molecule has 0 aliphatic rings. The van der Waals surface area contributed by atoms with Gasteiger partial charge in [-0.25, -0.2) is 0 Å². The summed E-state index contributed by atoms with van der Waals surface area (Å²) in [6.07, 6.45) is 2.08. The number of fused-ring (bicyclic) bond motifs is 1. The molecule has 0 fully saturated rings. The first-order valence-electron chi connectivity index (χ1n) is 8.67. The summed E-state index contributed by atoms with van der Waals surface area (Å²) in [5.74, 6) is 0.734. The zero-order chi connectivity index (χ0) is 19.7. The Kier molecular flexibility index (Phi) is 4.75. The summed E-state index contributed by atoms with van der Waals surface area (Å²) in [4.78, 5) is 29.4. The van der Waals surface area contributed by atoms with E-state index in [-0.39, 0.29) is 11.3 Å². The number of hydrogen-bond donors (Lipinski definition) is 0. The van der Waals surface area contributed by atoms with Crippen LogP contribution in [0.2, 0.25) is 0 Å². The van der Waals surface area contributed by atoms with Crippen molar-refractivity contribution in [1.29, 1.82) is 0 Å². The van der Waals surface area contributed by atoms with Gasteiger partial charge in [-0.3, -0.25) is 9.59 Å². The number of thiazole rings is 1. The third kappa shape index (κ3) is 3.57. The van der Waals surface area contributed by atoms with Crippen LogP contribution < -0.4 is 20.4 Å². The maximum Gasteiger partial charge on any atom is 0.296 e. The van der Waals surface area contributed by atoms with Crippen LogP contribution in [0.1, 0.15) is 22.4 Å². The summed E-state index contributed by atoms with van der Waals surface area (Å²) in [5.41, 5.74) is 2.49. The Balaban J connectivity index is 1.75. The van der Waals surface area contributed by atoms with E-state index in [1.165, 1.54) is 4.52 Å². The predicted molar refractivity (Wildman–Crippen MR) is 109 cm³/mol. The maximum absolute atomic E-state index is 12.7. The summed E-state index contributed by atoms with van der Waals surface area (Å²) in [6, 6.07) is 15.2. The molecule has 0 atom stereocenters. The van der Waals surface area contributed by atoms with Crippen LogP contribution in [0.25, 0.3) is 11.0 Å². The fourth-order valence-electron chi connectivity index (χ4n) is 2.80. The van der Waals surface area contributed by atoms with Gasteiger partial charge >= 0.3 is 0 Å². The summed E-state index contributed by atoms with van der Waals surface area (Å²) >= 11 is 1.16. The van der Waals surface area contributed by atoms with E-state index in [0.29, 0.717) is 15.9 Å². The molecule has 4 aromatic rings. The molecule has 6 nitrogen and oxygen atoms in total. The van der Waals surface area contributed by atoms with Gasteiger partial charge in [-0.2, -0.15) is 14.6 Å². The van der Waals surface area contributed by atoms with Crippen molar-refractivity contribution in [2.24, 2.45) is 0 Å². The summed E-state index contributed by atoms with van der Waals surface area (Å²) in [6.45, 7) is 2.01. The van der Waals surface area contributed by atoms with Crippen LogP contribution in [-0.4, -0.2) is 21.7 Å². The van der Waals surface area contributed by atoms with E-state index in [1.807, 2.05) is 55.5 Å². The lowest BCUT2D eigenvalue weighted by Crippen LogP contribution is -2.28. The highest BCUT2D eigenvalue weighted by molar-refractivity contribution is 7.15. The second-order valence-corrected chi connectivity index (χ2v) is 7.42. The first kappa shape index (κ1) is 18.1. The fourth-order valence-corrected chi connectivity index (χ4v) is 3.71. The molecule has 0 N–H and O–H groups in total. The van der Waals surface area contributed by atoms with Gasteiger partial charge in [0.25, 0.3) is 11.1 Å². The minimum absolute atomic E-state index is 0.236. The molecular weight excluding hydrogens is 374 g/mol. The Hall–Kier alpha value is -3.32. The Morgan fingerprint density at radius 3 is 2.46 bits per heavy atom. The first-order chi connectivity index (χ1) is 13.5. The van der Waals surface area contributed by atoms with Crippen LogP contribution in [0.3, 0.4) is 0 Å². The Morgan fingerprint density at radius 1 is 1.07 bits per heavy atom. The lowest BCUT2D eigenvalue weighted by molar-refractivity contribution is 0.414. The number of methoxy groups -OCH3 is 1. The molecule has 2 heterocycles. The van der Waals surface area contributed by atoms with Gasteiger partial charge in [-0.05, 0) is 36.3 Å². The molecule has 0 saturated heterocycles. The number of hydrogen-bond acceptors (Lipinski definition) is 6. The molecule has 2 aromatic carbocycles. The minimum Gasteiger partial charge on any atom is -0.497 e. The lowest BCUT2D eigenvalue weighted by Gasteiger charge is -2.02. The first-order valence-corrected chi connectivity index (χ1v) is 9.49. The van der Waals surface area contributed by atoms with Gasteiger partial charge in [0.15, 0.2) is 0 Å². The van der Waals surface area contributed by atoms with E-state index >= 15 is 0 Å². The van der Waals surface area contributed by atoms with Gasteiger partial charge in [-0.15, -0.1) is 0 Å². The second-order valence-electron chi connectivity index (χ2n) is 6.41. The Morgan fingerprint density at radius 2 is 1.79 bits per heavy atom. The van der Waals surface area contributed by atoms with E-state index in [4.69, 9.17) is 4.74 Å². The van der Waals surface area contributed by atoms with Gasteiger partial charge < -0.3 is 4.74 Å². The smallest absolute Gasteiger partial charge is 0.296 e. The summed E-state index contributed by atoms with van der Waals surface area (Å²) in [5, 5.41) is 4.28. The third-order valence-electron chi connectivity index (χ3n) is 4.36. The molecule has 28 heavy (non-hydrogen) atoms. The predicted octanol–water partition coefficient (Wildman–Crippen LogP) is 1.97. The van der Waals surface area contributed by atoms with Crippen molar-refractivity contribution in [2.75, 3.05) is 7.11 Å². The van der Waals surface area contributed by atoms with Crippen molar-refractivity contribution < 1.29 is 4.74 Å². The number of ether oxygens (including phenoxy) is 1. The third-order valence-corrected chi connectivity index (χ3v) is 5.32. The standard InChI is InChI=1S/C21H17N3O3S/c1-13-3-5-15(6-4-13)12-18-20(26)24-21(28-18)22-19(25)17(23-24)11-14-7-9-16(27-2)10-8-14/h3-10,12H,11H2,1-2H3/b18-12-. The van der Waals surface area contributed by atoms with Crippen molar-refractivity contribution in [1.82, 2.24) is 14.6 Å². The van der Waals surface area contributed by atoms with Crippen molar-refractivity contribution in [3.05, 3.63) is 96.2 Å². The number of aromatic nitrogens is 3. The van der Waals surface area contributed by atoms with Crippen molar-refractivity contribution in [3.8, 4) is 5.75 Å². The molecule has 0 bridgehead atoms. The average Bonchev–Trinajstić information content (AvgIpc) is 2.99. The molecule has 0 radical (unpaired) electrons. The van der Waals surface area contributed by atoms with Crippen LogP contribution in [0.4, 0.5) is 0 Å². The van der Waals surface area contributed by atoms with Crippen LogP contribution >= 0.6 is 11.3 Å². The monoisotopic (exact) mass is 391 g/mol. The van der Waals surface area contributed by atoms with E-state index in [9.17, 15) is 9.59 Å².